The van der Waals surface area contributed by atoms with Gasteiger partial charge in [-0.1, -0.05) is 15.9 Å². The number of ether oxygens (including phenoxy) is 2. The number of rotatable bonds is 6. The molecule has 0 aromatic carbocycles. The summed E-state index contributed by atoms with van der Waals surface area (Å²) in [4.78, 5) is 13.4. The van der Waals surface area contributed by atoms with Crippen molar-refractivity contribution in [2.45, 2.75) is 65.0 Å². The highest BCUT2D eigenvalue weighted by Gasteiger charge is 2.42. The lowest BCUT2D eigenvalue weighted by Crippen LogP contribution is -2.51. The normalized spacial score (nSPS) is 16.8. The van der Waals surface area contributed by atoms with Crippen molar-refractivity contribution in [2.75, 3.05) is 18.4 Å². The average Bonchev–Trinajstić information content (AvgIpc) is 2.32. The molecule has 1 amide bonds. The highest BCUT2D eigenvalue weighted by Crippen LogP contribution is 2.28. The van der Waals surface area contributed by atoms with Gasteiger partial charge in [0, 0.05) is 11.9 Å². The first kappa shape index (κ1) is 21.5. The number of carbonyl (C=O) groups excluding carboxylic acids is 1. The smallest absolute Gasteiger partial charge is 0.414 e. The lowest BCUT2D eigenvalue weighted by molar-refractivity contribution is -0.242. The van der Waals surface area contributed by atoms with E-state index in [-0.39, 0.29) is 11.9 Å². The molecule has 0 spiro atoms. The van der Waals surface area contributed by atoms with Crippen molar-refractivity contribution in [2.24, 2.45) is 0 Å². The highest BCUT2D eigenvalue weighted by molar-refractivity contribution is 9.09. The molecule has 0 aromatic heterocycles. The molecule has 0 fully saturated rings. The van der Waals surface area contributed by atoms with Crippen LogP contribution in [0.3, 0.4) is 0 Å². The number of likely N-dealkylation sites (N-methyl/N-ethyl adjacent to an activating group) is 1. The third-order valence-electron chi connectivity index (χ3n) is 2.76. The SMILES string of the molecule is CCN(CC(C)(CBr)OC(C)C(F)(F)F)C(=O)OC(C)(C)C. The van der Waals surface area contributed by atoms with Crippen molar-refractivity contribution in [1.29, 1.82) is 0 Å². The Kier molecular flexibility index (Phi) is 7.68. The average molecular weight is 392 g/mol. The molecule has 2 unspecified atom stereocenters. The first-order valence-corrected chi connectivity index (χ1v) is 8.14. The Labute approximate surface area is 138 Å². The summed E-state index contributed by atoms with van der Waals surface area (Å²) in [6.45, 7) is 9.68. The second-order valence-electron chi connectivity index (χ2n) is 6.38. The van der Waals surface area contributed by atoms with Crippen LogP contribution in [-0.4, -0.2) is 52.9 Å². The second kappa shape index (κ2) is 7.86. The summed E-state index contributed by atoms with van der Waals surface area (Å²) in [5.41, 5.74) is -1.85. The van der Waals surface area contributed by atoms with E-state index >= 15 is 0 Å². The largest absolute Gasteiger partial charge is 0.444 e. The first-order chi connectivity index (χ1) is 9.74. The van der Waals surface area contributed by atoms with Gasteiger partial charge in [-0.15, -0.1) is 0 Å². The van der Waals surface area contributed by atoms with Gasteiger partial charge in [0.05, 0.1) is 12.1 Å². The number of nitrogens with zero attached hydrogens (tertiary/aromatic N) is 1. The van der Waals surface area contributed by atoms with E-state index < -0.39 is 29.6 Å². The van der Waals surface area contributed by atoms with Gasteiger partial charge >= 0.3 is 12.3 Å². The lowest BCUT2D eigenvalue weighted by atomic mass is 10.1. The molecule has 8 heteroatoms. The zero-order valence-electron chi connectivity index (χ0n) is 13.9. The van der Waals surface area contributed by atoms with Gasteiger partial charge < -0.3 is 14.4 Å². The summed E-state index contributed by atoms with van der Waals surface area (Å²) in [5.74, 6) is 0. The topological polar surface area (TPSA) is 38.8 Å². The van der Waals surface area contributed by atoms with Crippen LogP contribution < -0.4 is 0 Å². The van der Waals surface area contributed by atoms with E-state index in [1.54, 1.807) is 27.7 Å². The zero-order chi connectivity index (χ0) is 17.8. The van der Waals surface area contributed by atoms with Gasteiger partial charge in [-0.25, -0.2) is 4.79 Å². The van der Waals surface area contributed by atoms with Crippen LogP contribution in [0.15, 0.2) is 0 Å². The van der Waals surface area contributed by atoms with Crippen LogP contribution in [0.1, 0.15) is 41.5 Å². The molecule has 0 aromatic rings. The van der Waals surface area contributed by atoms with Gasteiger partial charge in [0.2, 0.25) is 0 Å². The maximum absolute atomic E-state index is 12.7. The van der Waals surface area contributed by atoms with Crippen LogP contribution in [0.2, 0.25) is 0 Å². The molecule has 132 valence electrons. The predicted octanol–water partition coefficient (Wildman–Crippen LogP) is 4.36. The predicted molar refractivity (Wildman–Crippen MR) is 82.3 cm³/mol. The van der Waals surface area contributed by atoms with Crippen LogP contribution in [0, 0.1) is 0 Å². The van der Waals surface area contributed by atoms with E-state index in [2.05, 4.69) is 15.9 Å². The van der Waals surface area contributed by atoms with Gasteiger partial charge in [0.25, 0.3) is 0 Å². The van der Waals surface area contributed by atoms with E-state index in [0.717, 1.165) is 6.92 Å². The number of carbonyl (C=O) groups is 1. The van der Waals surface area contributed by atoms with E-state index in [9.17, 15) is 18.0 Å². The third kappa shape index (κ3) is 7.67. The van der Waals surface area contributed by atoms with Crippen LogP contribution in [-0.2, 0) is 9.47 Å². The molecule has 0 radical (unpaired) electrons. The monoisotopic (exact) mass is 391 g/mol. The number of alkyl halides is 4. The molecule has 22 heavy (non-hydrogen) atoms. The minimum absolute atomic E-state index is 0.00984. The summed E-state index contributed by atoms with van der Waals surface area (Å²) >= 11 is 3.16. The molecule has 0 aliphatic heterocycles. The number of halogens is 4. The number of hydrogen-bond donors (Lipinski definition) is 0. The molecule has 2 atom stereocenters. The maximum Gasteiger partial charge on any atom is 0.414 e. The fourth-order valence-corrected chi connectivity index (χ4v) is 1.95. The van der Waals surface area contributed by atoms with Crippen LogP contribution in [0.5, 0.6) is 0 Å². The van der Waals surface area contributed by atoms with E-state index in [4.69, 9.17) is 9.47 Å². The van der Waals surface area contributed by atoms with Crippen molar-refractivity contribution in [3.8, 4) is 0 Å². The Bertz CT molecular complexity index is 371. The highest BCUT2D eigenvalue weighted by atomic mass is 79.9. The van der Waals surface area contributed by atoms with Gasteiger partial charge in [-0.05, 0) is 41.5 Å². The Morgan fingerprint density at radius 2 is 1.73 bits per heavy atom. The van der Waals surface area contributed by atoms with Crippen LogP contribution in [0.25, 0.3) is 0 Å². The van der Waals surface area contributed by atoms with Gasteiger partial charge in [0.15, 0.2) is 6.10 Å². The number of hydrogen-bond acceptors (Lipinski definition) is 3. The van der Waals surface area contributed by atoms with Crippen molar-refractivity contribution >= 4 is 22.0 Å². The third-order valence-corrected chi connectivity index (χ3v) is 3.95. The molecule has 4 nitrogen and oxygen atoms in total. The minimum Gasteiger partial charge on any atom is -0.444 e. The molecule has 0 saturated carbocycles. The molecule has 0 aliphatic carbocycles. The fourth-order valence-electron chi connectivity index (χ4n) is 1.64. The molecule has 0 N–H and O–H groups in total. The minimum atomic E-state index is -4.45. The lowest BCUT2D eigenvalue weighted by Gasteiger charge is -2.37. The van der Waals surface area contributed by atoms with Crippen molar-refractivity contribution < 1.29 is 27.4 Å². The summed E-state index contributed by atoms with van der Waals surface area (Å²) < 4.78 is 48.4. The molecule has 0 saturated heterocycles. The van der Waals surface area contributed by atoms with E-state index in [1.165, 1.54) is 11.8 Å². The van der Waals surface area contributed by atoms with Gasteiger partial charge in [0.1, 0.15) is 5.60 Å². The Morgan fingerprint density at radius 3 is 2.05 bits per heavy atom. The quantitative estimate of drug-likeness (QED) is 0.631. The summed E-state index contributed by atoms with van der Waals surface area (Å²) in [6.07, 6.45) is -6.95. The molecule has 0 bridgehead atoms. The van der Waals surface area contributed by atoms with Crippen molar-refractivity contribution in [3.05, 3.63) is 0 Å². The second-order valence-corrected chi connectivity index (χ2v) is 6.94. The first-order valence-electron chi connectivity index (χ1n) is 7.02. The molecular formula is C14H25BrF3NO3. The molecule has 0 rings (SSSR count). The number of amides is 1. The van der Waals surface area contributed by atoms with Crippen molar-refractivity contribution in [3.63, 3.8) is 0 Å². The molecule has 0 aliphatic rings. The van der Waals surface area contributed by atoms with Gasteiger partial charge in [-0.2, -0.15) is 13.2 Å². The van der Waals surface area contributed by atoms with Gasteiger partial charge in [-0.3, -0.25) is 0 Å². The Morgan fingerprint density at radius 1 is 1.23 bits per heavy atom. The van der Waals surface area contributed by atoms with Crippen LogP contribution in [0.4, 0.5) is 18.0 Å². The summed E-state index contributed by atoms with van der Waals surface area (Å²) in [5, 5.41) is 0.152. The summed E-state index contributed by atoms with van der Waals surface area (Å²) in [6, 6.07) is 0. The zero-order valence-corrected chi connectivity index (χ0v) is 15.5. The Balaban J connectivity index is 4.97. The van der Waals surface area contributed by atoms with E-state index in [1.807, 2.05) is 0 Å². The maximum atomic E-state index is 12.7. The molecule has 0 heterocycles. The van der Waals surface area contributed by atoms with E-state index in [0.29, 0.717) is 6.54 Å². The fraction of sp³-hybridized carbons (Fsp3) is 0.929. The molecular weight excluding hydrogens is 367 g/mol. The standard InChI is InChI=1S/C14H25BrF3NO3/c1-7-19(11(20)22-12(3,4)5)9-13(6,8-15)21-10(2)14(16,17)18/h10H,7-9H2,1-6H3. The summed E-state index contributed by atoms with van der Waals surface area (Å²) in [7, 11) is 0. The van der Waals surface area contributed by atoms with Crippen molar-refractivity contribution in [1.82, 2.24) is 4.90 Å². The Hall–Kier alpha value is -0.500. The van der Waals surface area contributed by atoms with Crippen LogP contribution >= 0.6 is 15.9 Å².